The van der Waals surface area contributed by atoms with Crippen LogP contribution in [0.3, 0.4) is 0 Å². The first kappa shape index (κ1) is 14.8. The molecule has 0 saturated heterocycles. The maximum atomic E-state index is 13.6. The maximum Gasteiger partial charge on any atom is 0.125 e. The smallest absolute Gasteiger partial charge is 0.125 e. The van der Waals surface area contributed by atoms with Gasteiger partial charge in [0.25, 0.3) is 0 Å². The molecule has 21 heavy (non-hydrogen) atoms. The number of aryl methyl sites for hydroxylation is 1. The Balaban J connectivity index is 2.29. The van der Waals surface area contributed by atoms with Gasteiger partial charge in [0.2, 0.25) is 0 Å². The Morgan fingerprint density at radius 3 is 2.71 bits per heavy atom. The van der Waals surface area contributed by atoms with E-state index in [-0.39, 0.29) is 5.82 Å². The molecule has 0 unspecified atom stereocenters. The van der Waals surface area contributed by atoms with Gasteiger partial charge in [-0.05, 0) is 46.3 Å². The first-order valence-corrected chi connectivity index (χ1v) is 7.99. The fourth-order valence-corrected chi connectivity index (χ4v) is 2.85. The number of alkyl halides is 1. The third kappa shape index (κ3) is 2.80. The van der Waals surface area contributed by atoms with Crippen LogP contribution in [0.2, 0.25) is 5.02 Å². The molecular weight excluding hydrogens is 378 g/mol. The molecule has 0 fully saturated rings. The van der Waals surface area contributed by atoms with Crippen LogP contribution < -0.4 is 0 Å². The minimum absolute atomic E-state index is 0.302. The Bertz CT molecular complexity index is 817. The van der Waals surface area contributed by atoms with Crippen molar-refractivity contribution in [3.8, 4) is 5.69 Å². The van der Waals surface area contributed by atoms with E-state index in [2.05, 4.69) is 20.9 Å². The molecule has 2 aromatic carbocycles. The van der Waals surface area contributed by atoms with E-state index in [0.717, 1.165) is 21.5 Å². The predicted octanol–water partition coefficient (Wildman–Crippen LogP) is 5.36. The Kier molecular flexibility index (Phi) is 4.20. The van der Waals surface area contributed by atoms with Crippen LogP contribution in [0.15, 0.2) is 40.9 Å². The zero-order valence-corrected chi connectivity index (χ0v) is 13.9. The van der Waals surface area contributed by atoms with E-state index >= 15 is 0 Å². The number of hydrogen-bond acceptors (Lipinski definition) is 1. The third-order valence-corrected chi connectivity index (χ3v) is 4.59. The van der Waals surface area contributed by atoms with Crippen LogP contribution in [-0.2, 0) is 6.42 Å². The molecule has 2 nitrogen and oxygen atoms in total. The first-order chi connectivity index (χ1) is 10.1. The van der Waals surface area contributed by atoms with Crippen LogP contribution in [0.1, 0.15) is 5.82 Å². The summed E-state index contributed by atoms with van der Waals surface area (Å²) in [6, 6.07) is 10.1. The highest BCUT2D eigenvalue weighted by Gasteiger charge is 2.13. The summed E-state index contributed by atoms with van der Waals surface area (Å²) < 4.78 is 16.3. The molecule has 3 rings (SSSR count). The summed E-state index contributed by atoms with van der Waals surface area (Å²) in [7, 11) is 0. The molecule has 108 valence electrons. The third-order valence-electron chi connectivity index (χ3n) is 3.17. The lowest BCUT2D eigenvalue weighted by Crippen LogP contribution is -2.02. The van der Waals surface area contributed by atoms with E-state index in [4.69, 9.17) is 23.2 Å². The first-order valence-electron chi connectivity index (χ1n) is 6.28. The van der Waals surface area contributed by atoms with E-state index < -0.39 is 0 Å². The number of rotatable bonds is 3. The summed E-state index contributed by atoms with van der Waals surface area (Å²) in [6.07, 6.45) is 0.589. The van der Waals surface area contributed by atoms with E-state index in [1.165, 1.54) is 12.1 Å². The fraction of sp³-hybridized carbons (Fsp3) is 0.133. The summed E-state index contributed by atoms with van der Waals surface area (Å²) in [5, 5.41) is 0.586. The summed E-state index contributed by atoms with van der Waals surface area (Å²) >= 11 is 15.4. The molecule has 0 saturated carbocycles. The number of aromatic nitrogens is 2. The van der Waals surface area contributed by atoms with Crippen LogP contribution in [0, 0.1) is 5.82 Å². The summed E-state index contributed by atoms with van der Waals surface area (Å²) in [5.41, 5.74) is 2.26. The average molecular weight is 388 g/mol. The van der Waals surface area contributed by atoms with Gasteiger partial charge in [0.15, 0.2) is 0 Å². The number of imidazole rings is 1. The molecule has 0 aliphatic heterocycles. The van der Waals surface area contributed by atoms with Gasteiger partial charge in [0.1, 0.15) is 11.6 Å². The standard InChI is InChI=1S/C15H10BrCl2FN2/c16-11-3-2-10(8-12(11)18)21-14-7-9(19)1-4-13(14)20-15(21)5-6-17/h1-4,7-8H,5-6H2. The number of benzene rings is 2. The fourth-order valence-electron chi connectivity index (χ4n) is 2.26. The average Bonchev–Trinajstić information content (AvgIpc) is 2.80. The van der Waals surface area contributed by atoms with Crippen LogP contribution >= 0.6 is 39.1 Å². The Morgan fingerprint density at radius 1 is 1.19 bits per heavy atom. The zero-order valence-electron chi connectivity index (χ0n) is 10.8. The lowest BCUT2D eigenvalue weighted by Gasteiger charge is -2.10. The second kappa shape index (κ2) is 5.95. The van der Waals surface area contributed by atoms with Gasteiger partial charge in [-0.1, -0.05) is 11.6 Å². The molecule has 0 aliphatic carbocycles. The minimum atomic E-state index is -0.302. The van der Waals surface area contributed by atoms with Crippen LogP contribution in [0.5, 0.6) is 0 Å². The topological polar surface area (TPSA) is 17.8 Å². The van der Waals surface area contributed by atoms with Gasteiger partial charge >= 0.3 is 0 Å². The lowest BCUT2D eigenvalue weighted by molar-refractivity contribution is 0.629. The van der Waals surface area contributed by atoms with Gasteiger partial charge in [0, 0.05) is 28.5 Å². The van der Waals surface area contributed by atoms with Crippen molar-refractivity contribution in [2.45, 2.75) is 6.42 Å². The number of hydrogen-bond donors (Lipinski definition) is 0. The van der Waals surface area contributed by atoms with Gasteiger partial charge in [-0.2, -0.15) is 0 Å². The SMILES string of the molecule is Fc1ccc2nc(CCCl)n(-c3ccc(Br)c(Cl)c3)c2c1. The van der Waals surface area contributed by atoms with Gasteiger partial charge in [-0.3, -0.25) is 4.57 Å². The molecule has 0 amide bonds. The summed E-state index contributed by atoms with van der Waals surface area (Å²) in [5.74, 6) is 0.920. The highest BCUT2D eigenvalue weighted by molar-refractivity contribution is 9.10. The molecule has 0 radical (unpaired) electrons. The second-order valence-corrected chi connectivity index (χ2v) is 6.17. The van der Waals surface area contributed by atoms with Crippen LogP contribution in [-0.4, -0.2) is 15.4 Å². The lowest BCUT2D eigenvalue weighted by atomic mass is 10.2. The van der Waals surface area contributed by atoms with Gasteiger partial charge in [-0.25, -0.2) is 9.37 Å². The van der Waals surface area contributed by atoms with E-state index in [9.17, 15) is 4.39 Å². The highest BCUT2D eigenvalue weighted by atomic mass is 79.9. The van der Waals surface area contributed by atoms with Crippen molar-refractivity contribution in [1.29, 1.82) is 0 Å². The molecule has 0 N–H and O–H groups in total. The van der Waals surface area contributed by atoms with Gasteiger partial charge in [0.05, 0.1) is 16.1 Å². The van der Waals surface area contributed by atoms with Crippen molar-refractivity contribution >= 4 is 50.2 Å². The highest BCUT2D eigenvalue weighted by Crippen LogP contribution is 2.28. The minimum Gasteiger partial charge on any atom is -0.296 e. The summed E-state index contributed by atoms with van der Waals surface area (Å²) in [4.78, 5) is 4.53. The largest absolute Gasteiger partial charge is 0.296 e. The molecule has 3 aromatic rings. The second-order valence-electron chi connectivity index (χ2n) is 4.53. The molecular formula is C15H10BrCl2FN2. The molecule has 0 atom stereocenters. The number of fused-ring (bicyclic) bond motifs is 1. The van der Waals surface area contributed by atoms with Crippen LogP contribution in [0.25, 0.3) is 16.7 Å². The van der Waals surface area contributed by atoms with Crippen molar-refractivity contribution in [1.82, 2.24) is 9.55 Å². The van der Waals surface area contributed by atoms with Gasteiger partial charge < -0.3 is 0 Å². The predicted molar refractivity (Wildman–Crippen MR) is 88.2 cm³/mol. The maximum absolute atomic E-state index is 13.6. The summed E-state index contributed by atoms with van der Waals surface area (Å²) in [6.45, 7) is 0. The van der Waals surface area contributed by atoms with Crippen molar-refractivity contribution in [3.63, 3.8) is 0 Å². The van der Waals surface area contributed by atoms with E-state index in [1.54, 1.807) is 6.07 Å². The normalized spacial score (nSPS) is 11.2. The number of nitrogens with zero attached hydrogens (tertiary/aromatic N) is 2. The monoisotopic (exact) mass is 386 g/mol. The zero-order chi connectivity index (χ0) is 15.0. The Labute approximate surface area is 139 Å². The Morgan fingerprint density at radius 2 is 2.00 bits per heavy atom. The molecule has 0 spiro atoms. The van der Waals surface area contributed by atoms with E-state index in [1.807, 2.05) is 22.8 Å². The van der Waals surface area contributed by atoms with Gasteiger partial charge in [-0.15, -0.1) is 11.6 Å². The number of halogens is 4. The molecule has 6 heteroatoms. The van der Waals surface area contributed by atoms with Crippen molar-refractivity contribution in [2.75, 3.05) is 5.88 Å². The molecule has 1 heterocycles. The van der Waals surface area contributed by atoms with Crippen molar-refractivity contribution in [3.05, 3.63) is 57.5 Å². The van der Waals surface area contributed by atoms with Crippen molar-refractivity contribution in [2.24, 2.45) is 0 Å². The van der Waals surface area contributed by atoms with Crippen LogP contribution in [0.4, 0.5) is 4.39 Å². The quantitative estimate of drug-likeness (QED) is 0.553. The van der Waals surface area contributed by atoms with Crippen molar-refractivity contribution < 1.29 is 4.39 Å². The van der Waals surface area contributed by atoms with E-state index in [0.29, 0.717) is 22.8 Å². The Hall–Kier alpha value is -1.10. The molecule has 1 aromatic heterocycles. The molecule has 0 bridgehead atoms. The molecule has 0 aliphatic rings.